The van der Waals surface area contributed by atoms with E-state index in [-0.39, 0.29) is 29.4 Å². The van der Waals surface area contributed by atoms with Crippen LogP contribution in [0.2, 0.25) is 0 Å². The molecule has 3 N–H and O–H groups in total. The summed E-state index contributed by atoms with van der Waals surface area (Å²) >= 11 is 0. The molecular formula is C15H28N2O3. The first-order chi connectivity index (χ1) is 9.39. The summed E-state index contributed by atoms with van der Waals surface area (Å²) in [5.74, 6) is 0.0899. The number of ether oxygens (including phenoxy) is 2. The third-order valence-corrected chi connectivity index (χ3v) is 5.17. The van der Waals surface area contributed by atoms with Crippen molar-refractivity contribution in [2.45, 2.75) is 57.7 Å². The lowest BCUT2D eigenvalue weighted by Crippen LogP contribution is -2.80. The van der Waals surface area contributed by atoms with Gasteiger partial charge in [-0.15, -0.1) is 0 Å². The van der Waals surface area contributed by atoms with Gasteiger partial charge in [-0.05, 0) is 12.8 Å². The highest BCUT2D eigenvalue weighted by Crippen LogP contribution is 2.58. The zero-order valence-corrected chi connectivity index (χ0v) is 13.1. The summed E-state index contributed by atoms with van der Waals surface area (Å²) in [7, 11) is 1.65. The molecule has 0 aromatic carbocycles. The van der Waals surface area contributed by atoms with Crippen molar-refractivity contribution in [2.24, 2.45) is 17.1 Å². The predicted octanol–water partition coefficient (Wildman–Crippen LogP) is 1.06. The molecule has 1 saturated carbocycles. The quantitative estimate of drug-likeness (QED) is 0.765. The van der Waals surface area contributed by atoms with Gasteiger partial charge in [0.2, 0.25) is 5.91 Å². The number of nitrogens with one attached hydrogen (secondary N) is 1. The number of carbonyl (C=O) groups excluding carboxylic acids is 1. The van der Waals surface area contributed by atoms with E-state index >= 15 is 0 Å². The summed E-state index contributed by atoms with van der Waals surface area (Å²) in [6.45, 7) is 7.40. The van der Waals surface area contributed by atoms with Gasteiger partial charge in [0, 0.05) is 25.0 Å². The Kier molecular flexibility index (Phi) is 4.42. The molecule has 116 valence electrons. The van der Waals surface area contributed by atoms with E-state index in [1.807, 2.05) is 13.8 Å². The number of methoxy groups -OCH3 is 1. The summed E-state index contributed by atoms with van der Waals surface area (Å²) in [6, 6.07) is 0.0371. The molecule has 1 aliphatic heterocycles. The zero-order valence-electron chi connectivity index (χ0n) is 13.1. The Morgan fingerprint density at radius 1 is 1.55 bits per heavy atom. The fourth-order valence-electron chi connectivity index (χ4n) is 3.90. The average Bonchev–Trinajstić information content (AvgIpc) is 2.86. The van der Waals surface area contributed by atoms with Gasteiger partial charge in [0.15, 0.2) is 0 Å². The van der Waals surface area contributed by atoms with Gasteiger partial charge in [0.05, 0.1) is 18.8 Å². The fourth-order valence-corrected chi connectivity index (χ4v) is 3.90. The Bertz CT molecular complexity index is 366. The smallest absolute Gasteiger partial charge is 0.241 e. The number of hydrogen-bond acceptors (Lipinski definition) is 4. The van der Waals surface area contributed by atoms with E-state index in [0.29, 0.717) is 13.2 Å². The summed E-state index contributed by atoms with van der Waals surface area (Å²) in [6.07, 6.45) is 2.90. The first kappa shape index (κ1) is 15.7. The van der Waals surface area contributed by atoms with Gasteiger partial charge in [-0.25, -0.2) is 0 Å². The molecule has 2 rings (SSSR count). The van der Waals surface area contributed by atoms with E-state index in [2.05, 4.69) is 12.2 Å². The van der Waals surface area contributed by atoms with Crippen LogP contribution in [0.15, 0.2) is 0 Å². The van der Waals surface area contributed by atoms with Crippen molar-refractivity contribution in [3.63, 3.8) is 0 Å². The molecule has 5 nitrogen and oxygen atoms in total. The first-order valence-electron chi connectivity index (χ1n) is 7.60. The highest BCUT2D eigenvalue weighted by atomic mass is 16.5. The van der Waals surface area contributed by atoms with E-state index < -0.39 is 5.54 Å². The molecule has 1 amide bonds. The monoisotopic (exact) mass is 284 g/mol. The standard InChI is InChI=1S/C15H28N2O3/c1-5-6-10(9-19-4)17-13(18)15(16)11-7-8-20-12(11)14(15,2)3/h10-12H,5-9,16H2,1-4H3,(H,17,18). The first-order valence-corrected chi connectivity index (χ1v) is 7.60. The number of fused-ring (bicyclic) bond motifs is 1. The van der Waals surface area contributed by atoms with Gasteiger partial charge >= 0.3 is 0 Å². The maximum Gasteiger partial charge on any atom is 0.241 e. The summed E-state index contributed by atoms with van der Waals surface area (Å²) in [5, 5.41) is 3.09. The minimum absolute atomic E-state index is 0.0371. The summed E-state index contributed by atoms with van der Waals surface area (Å²) < 4.78 is 10.9. The highest BCUT2D eigenvalue weighted by molar-refractivity contribution is 5.89. The van der Waals surface area contributed by atoms with E-state index in [4.69, 9.17) is 15.2 Å². The van der Waals surface area contributed by atoms with Crippen LogP contribution >= 0.6 is 0 Å². The largest absolute Gasteiger partial charge is 0.383 e. The molecule has 2 fully saturated rings. The molecule has 0 radical (unpaired) electrons. The van der Waals surface area contributed by atoms with Gasteiger partial charge in [-0.2, -0.15) is 0 Å². The second-order valence-electron chi connectivity index (χ2n) is 6.69. The summed E-state index contributed by atoms with van der Waals surface area (Å²) in [4.78, 5) is 12.7. The maximum atomic E-state index is 12.7. The highest BCUT2D eigenvalue weighted by Gasteiger charge is 2.71. The van der Waals surface area contributed by atoms with E-state index in [0.717, 1.165) is 19.3 Å². The Hall–Kier alpha value is -0.650. The summed E-state index contributed by atoms with van der Waals surface area (Å²) in [5.41, 5.74) is 5.37. The molecule has 4 unspecified atom stereocenters. The number of carbonyl (C=O) groups is 1. The number of amides is 1. The van der Waals surface area contributed by atoms with Gasteiger partial charge in [-0.1, -0.05) is 27.2 Å². The van der Waals surface area contributed by atoms with Crippen molar-refractivity contribution in [1.82, 2.24) is 5.32 Å². The van der Waals surface area contributed by atoms with Crippen molar-refractivity contribution < 1.29 is 14.3 Å². The van der Waals surface area contributed by atoms with Crippen molar-refractivity contribution >= 4 is 5.91 Å². The minimum atomic E-state index is -0.825. The fraction of sp³-hybridized carbons (Fsp3) is 0.933. The third-order valence-electron chi connectivity index (χ3n) is 5.17. The minimum Gasteiger partial charge on any atom is -0.383 e. The lowest BCUT2D eigenvalue weighted by molar-refractivity contribution is -0.176. The van der Waals surface area contributed by atoms with Gasteiger partial charge in [-0.3, -0.25) is 4.79 Å². The van der Waals surface area contributed by atoms with Crippen LogP contribution in [0.1, 0.15) is 40.0 Å². The normalized spacial score (nSPS) is 36.0. The van der Waals surface area contributed by atoms with Crippen LogP contribution in [0.5, 0.6) is 0 Å². The Morgan fingerprint density at radius 3 is 2.85 bits per heavy atom. The van der Waals surface area contributed by atoms with Crippen LogP contribution in [0.4, 0.5) is 0 Å². The van der Waals surface area contributed by atoms with Gasteiger partial charge in [0.25, 0.3) is 0 Å². The van der Waals surface area contributed by atoms with Gasteiger partial charge in [0.1, 0.15) is 5.54 Å². The Labute approximate surface area is 121 Å². The van der Waals surface area contributed by atoms with E-state index in [1.165, 1.54) is 0 Å². The second kappa shape index (κ2) is 5.62. The molecule has 20 heavy (non-hydrogen) atoms. The number of nitrogens with two attached hydrogens (primary N) is 1. The lowest BCUT2D eigenvalue weighted by atomic mass is 9.48. The molecule has 4 atom stereocenters. The van der Waals surface area contributed by atoms with Crippen molar-refractivity contribution in [3.8, 4) is 0 Å². The Balaban J connectivity index is 2.07. The van der Waals surface area contributed by atoms with Crippen LogP contribution < -0.4 is 11.1 Å². The average molecular weight is 284 g/mol. The second-order valence-corrected chi connectivity index (χ2v) is 6.69. The molecule has 5 heteroatoms. The molecule has 1 saturated heterocycles. The third kappa shape index (κ3) is 2.16. The Morgan fingerprint density at radius 2 is 2.25 bits per heavy atom. The SMILES string of the molecule is CCCC(COC)NC(=O)C1(N)C2CCOC2C1(C)C. The molecular weight excluding hydrogens is 256 g/mol. The maximum absolute atomic E-state index is 12.7. The predicted molar refractivity (Wildman–Crippen MR) is 77.3 cm³/mol. The topological polar surface area (TPSA) is 73.6 Å². The van der Waals surface area contributed by atoms with Crippen molar-refractivity contribution in [2.75, 3.05) is 20.3 Å². The molecule has 2 aliphatic rings. The molecule has 0 aromatic heterocycles. The van der Waals surface area contributed by atoms with E-state index in [9.17, 15) is 4.79 Å². The van der Waals surface area contributed by atoms with Gasteiger partial charge < -0.3 is 20.5 Å². The molecule has 1 aliphatic carbocycles. The molecule has 0 spiro atoms. The van der Waals surface area contributed by atoms with Crippen LogP contribution in [0, 0.1) is 11.3 Å². The molecule has 0 bridgehead atoms. The van der Waals surface area contributed by atoms with Crippen LogP contribution in [-0.4, -0.2) is 43.9 Å². The van der Waals surface area contributed by atoms with Crippen LogP contribution in [0.25, 0.3) is 0 Å². The molecule has 0 aromatic rings. The lowest BCUT2D eigenvalue weighted by Gasteiger charge is -2.60. The van der Waals surface area contributed by atoms with Crippen molar-refractivity contribution in [1.29, 1.82) is 0 Å². The zero-order chi connectivity index (χ0) is 15.0. The van der Waals surface area contributed by atoms with Crippen molar-refractivity contribution in [3.05, 3.63) is 0 Å². The van der Waals surface area contributed by atoms with Crippen LogP contribution in [0.3, 0.4) is 0 Å². The van der Waals surface area contributed by atoms with Crippen LogP contribution in [-0.2, 0) is 14.3 Å². The number of rotatable bonds is 6. The number of hydrogen-bond donors (Lipinski definition) is 2. The van der Waals surface area contributed by atoms with E-state index in [1.54, 1.807) is 7.11 Å². The molecule has 1 heterocycles.